The first-order valence-corrected chi connectivity index (χ1v) is 6.11. The van der Waals surface area contributed by atoms with Gasteiger partial charge in [-0.25, -0.2) is 0 Å². The van der Waals surface area contributed by atoms with Gasteiger partial charge in [0.15, 0.2) is 0 Å². The van der Waals surface area contributed by atoms with Crippen LogP contribution in [0, 0.1) is 8.99 Å². The van der Waals surface area contributed by atoms with Crippen LogP contribution in [0.15, 0.2) is 24.3 Å². The maximum absolute atomic E-state index is 12.0. The monoisotopic (exact) mass is 315 g/mol. The van der Waals surface area contributed by atoms with Crippen molar-refractivity contribution in [3.63, 3.8) is 0 Å². The van der Waals surface area contributed by atoms with Gasteiger partial charge in [-0.3, -0.25) is 4.79 Å². The molecular formula is C12H14INO. The van der Waals surface area contributed by atoms with E-state index in [1.807, 2.05) is 29.2 Å². The number of rotatable bonds is 1. The molecule has 0 radical (unpaired) electrons. The zero-order valence-electron chi connectivity index (χ0n) is 8.96. The fourth-order valence-corrected chi connectivity index (χ4v) is 2.48. The predicted octanol–water partition coefficient (Wildman–Crippen LogP) is 2.77. The van der Waals surface area contributed by atoms with Crippen LogP contribution in [0.1, 0.15) is 24.2 Å². The van der Waals surface area contributed by atoms with Crippen LogP contribution < -0.4 is 0 Å². The normalized spacial score (nSPS) is 18.5. The van der Waals surface area contributed by atoms with Crippen LogP contribution in [0.3, 0.4) is 0 Å². The molecule has 2 nitrogen and oxygen atoms in total. The molecule has 1 aromatic carbocycles. The van der Waals surface area contributed by atoms with Crippen molar-refractivity contribution in [1.29, 1.82) is 0 Å². The van der Waals surface area contributed by atoms with Gasteiger partial charge in [0.1, 0.15) is 0 Å². The molecule has 1 amide bonds. The molecule has 3 heteroatoms. The van der Waals surface area contributed by atoms with E-state index in [0.29, 0.717) is 5.41 Å². The summed E-state index contributed by atoms with van der Waals surface area (Å²) in [6.07, 6.45) is 0. The summed E-state index contributed by atoms with van der Waals surface area (Å²) in [5.41, 5.74) is 1.11. The van der Waals surface area contributed by atoms with Crippen molar-refractivity contribution >= 4 is 28.5 Å². The van der Waals surface area contributed by atoms with E-state index in [1.165, 1.54) is 0 Å². The molecule has 0 atom stereocenters. The molecule has 1 aromatic rings. The number of amides is 1. The minimum atomic E-state index is 0.160. The third-order valence-corrected chi connectivity index (χ3v) is 3.27. The summed E-state index contributed by atoms with van der Waals surface area (Å²) in [6, 6.07) is 7.75. The van der Waals surface area contributed by atoms with Gasteiger partial charge in [0.2, 0.25) is 0 Å². The molecule has 1 aliphatic heterocycles. The van der Waals surface area contributed by atoms with Gasteiger partial charge in [0, 0.05) is 22.2 Å². The standard InChI is InChI=1S/C12H14INO/c1-12(2)7-14(8-12)11(15)9-4-3-5-10(13)6-9/h3-6H,7-8H2,1-2H3. The second-order valence-corrected chi connectivity index (χ2v) is 6.08. The minimum absolute atomic E-state index is 0.160. The summed E-state index contributed by atoms with van der Waals surface area (Å²) >= 11 is 2.23. The van der Waals surface area contributed by atoms with Gasteiger partial charge in [-0.15, -0.1) is 0 Å². The van der Waals surface area contributed by atoms with Crippen LogP contribution in [0.25, 0.3) is 0 Å². The molecule has 0 unspecified atom stereocenters. The number of halogens is 1. The lowest BCUT2D eigenvalue weighted by molar-refractivity contribution is 0.0236. The molecule has 0 aliphatic carbocycles. The van der Waals surface area contributed by atoms with Crippen LogP contribution in [-0.2, 0) is 0 Å². The zero-order valence-corrected chi connectivity index (χ0v) is 11.1. The Balaban J connectivity index is 2.10. The number of nitrogens with zero attached hydrogens (tertiary/aromatic N) is 1. The Bertz CT molecular complexity index is 392. The highest BCUT2D eigenvalue weighted by atomic mass is 127. The lowest BCUT2D eigenvalue weighted by Gasteiger charge is -2.45. The second-order valence-electron chi connectivity index (χ2n) is 4.84. The molecule has 15 heavy (non-hydrogen) atoms. The van der Waals surface area contributed by atoms with Gasteiger partial charge in [-0.1, -0.05) is 19.9 Å². The number of likely N-dealkylation sites (tertiary alicyclic amines) is 1. The number of hydrogen-bond donors (Lipinski definition) is 0. The molecule has 80 valence electrons. The first-order chi connectivity index (χ1) is 6.98. The lowest BCUT2D eigenvalue weighted by Crippen LogP contribution is -2.55. The largest absolute Gasteiger partial charge is 0.337 e. The quantitative estimate of drug-likeness (QED) is 0.730. The average molecular weight is 315 g/mol. The summed E-state index contributed by atoms with van der Waals surface area (Å²) < 4.78 is 1.11. The number of carbonyl (C=O) groups excluding carboxylic acids is 1. The first kappa shape index (κ1) is 10.9. The summed E-state index contributed by atoms with van der Waals surface area (Å²) in [6.45, 7) is 6.12. The highest BCUT2D eigenvalue weighted by Crippen LogP contribution is 2.29. The van der Waals surface area contributed by atoms with Crippen molar-refractivity contribution in [3.8, 4) is 0 Å². The fraction of sp³-hybridized carbons (Fsp3) is 0.417. The Morgan fingerprint density at radius 1 is 1.40 bits per heavy atom. The smallest absolute Gasteiger partial charge is 0.253 e. The molecule has 1 aliphatic rings. The second kappa shape index (κ2) is 3.77. The van der Waals surface area contributed by atoms with E-state index in [4.69, 9.17) is 0 Å². The van der Waals surface area contributed by atoms with Crippen molar-refractivity contribution in [2.45, 2.75) is 13.8 Å². The maximum atomic E-state index is 12.0. The Morgan fingerprint density at radius 2 is 2.07 bits per heavy atom. The van der Waals surface area contributed by atoms with Gasteiger partial charge < -0.3 is 4.90 Å². The van der Waals surface area contributed by atoms with E-state index < -0.39 is 0 Å². The topological polar surface area (TPSA) is 20.3 Å². The summed E-state index contributed by atoms with van der Waals surface area (Å²) in [5, 5.41) is 0. The fourth-order valence-electron chi connectivity index (χ4n) is 1.93. The van der Waals surface area contributed by atoms with Gasteiger partial charge >= 0.3 is 0 Å². The van der Waals surface area contributed by atoms with Crippen molar-refractivity contribution in [3.05, 3.63) is 33.4 Å². The number of hydrogen-bond acceptors (Lipinski definition) is 1. The van der Waals surface area contributed by atoms with Crippen molar-refractivity contribution in [2.75, 3.05) is 13.1 Å². The third kappa shape index (κ3) is 2.33. The first-order valence-electron chi connectivity index (χ1n) is 5.03. The van der Waals surface area contributed by atoms with E-state index in [0.717, 1.165) is 22.2 Å². The van der Waals surface area contributed by atoms with Gasteiger partial charge in [-0.05, 0) is 46.2 Å². The van der Waals surface area contributed by atoms with E-state index in [9.17, 15) is 4.79 Å². The molecule has 0 aromatic heterocycles. The minimum Gasteiger partial charge on any atom is -0.337 e. The summed E-state index contributed by atoms with van der Waals surface area (Å²) in [4.78, 5) is 13.9. The summed E-state index contributed by atoms with van der Waals surface area (Å²) in [7, 11) is 0. The molecule has 0 N–H and O–H groups in total. The Labute approximate surface area is 104 Å². The highest BCUT2D eigenvalue weighted by Gasteiger charge is 2.37. The maximum Gasteiger partial charge on any atom is 0.253 e. The van der Waals surface area contributed by atoms with Crippen molar-refractivity contribution < 1.29 is 4.79 Å². The molecule has 0 spiro atoms. The van der Waals surface area contributed by atoms with Crippen LogP contribution in [0.2, 0.25) is 0 Å². The Morgan fingerprint density at radius 3 is 2.60 bits per heavy atom. The van der Waals surface area contributed by atoms with E-state index >= 15 is 0 Å². The SMILES string of the molecule is CC1(C)CN(C(=O)c2cccc(I)c2)C1. The number of benzene rings is 1. The van der Waals surface area contributed by atoms with Gasteiger partial charge in [-0.2, -0.15) is 0 Å². The van der Waals surface area contributed by atoms with Crippen LogP contribution in [-0.4, -0.2) is 23.9 Å². The van der Waals surface area contributed by atoms with E-state index in [-0.39, 0.29) is 5.91 Å². The molecule has 0 saturated carbocycles. The van der Waals surface area contributed by atoms with Crippen molar-refractivity contribution in [1.82, 2.24) is 4.90 Å². The van der Waals surface area contributed by atoms with Gasteiger partial charge in [0.05, 0.1) is 0 Å². The molecule has 1 fully saturated rings. The summed E-state index contributed by atoms with van der Waals surface area (Å²) in [5.74, 6) is 0.160. The third-order valence-electron chi connectivity index (χ3n) is 2.60. The molecule has 1 saturated heterocycles. The number of carbonyl (C=O) groups is 1. The van der Waals surface area contributed by atoms with Gasteiger partial charge in [0.25, 0.3) is 5.91 Å². The van der Waals surface area contributed by atoms with Crippen LogP contribution >= 0.6 is 22.6 Å². The van der Waals surface area contributed by atoms with Crippen molar-refractivity contribution in [2.24, 2.45) is 5.41 Å². The molecule has 2 rings (SSSR count). The van der Waals surface area contributed by atoms with Crippen LogP contribution in [0.4, 0.5) is 0 Å². The molecular weight excluding hydrogens is 301 g/mol. The van der Waals surface area contributed by atoms with Crippen LogP contribution in [0.5, 0.6) is 0 Å². The average Bonchev–Trinajstić information content (AvgIpc) is 2.13. The predicted molar refractivity (Wildman–Crippen MR) is 68.8 cm³/mol. The molecule has 0 bridgehead atoms. The Hall–Kier alpha value is -0.580. The lowest BCUT2D eigenvalue weighted by atomic mass is 9.84. The molecule has 1 heterocycles. The zero-order chi connectivity index (χ0) is 11.1. The van der Waals surface area contributed by atoms with E-state index in [1.54, 1.807) is 0 Å². The highest BCUT2D eigenvalue weighted by molar-refractivity contribution is 14.1. The van der Waals surface area contributed by atoms with E-state index in [2.05, 4.69) is 36.4 Å². The Kier molecular flexibility index (Phi) is 2.75.